The highest BCUT2D eigenvalue weighted by Crippen LogP contribution is 2.37. The fraction of sp³-hybridized carbons (Fsp3) is 0.150. The molecule has 0 bridgehead atoms. The van der Waals surface area contributed by atoms with Crippen molar-refractivity contribution in [3.05, 3.63) is 59.2 Å². The normalized spacial score (nSPS) is 12.3. The molecule has 0 atom stereocenters. The molecule has 2 aromatic carbocycles. The van der Waals surface area contributed by atoms with Crippen molar-refractivity contribution in [2.45, 2.75) is 11.8 Å². The number of benzene rings is 2. The van der Waals surface area contributed by atoms with Crippen molar-refractivity contribution < 1.29 is 51.0 Å². The number of carbonyl (C=O) groups is 2. The van der Waals surface area contributed by atoms with Gasteiger partial charge in [-0.25, -0.2) is 17.2 Å². The van der Waals surface area contributed by atoms with Gasteiger partial charge in [-0.2, -0.15) is 9.30 Å². The minimum atomic E-state index is -4.95. The van der Waals surface area contributed by atoms with Gasteiger partial charge in [0.2, 0.25) is 10.0 Å². The molecular weight excluding hydrogens is 541 g/mol. The molecule has 200 valence electrons. The summed E-state index contributed by atoms with van der Waals surface area (Å²) in [4.78, 5) is 43.6. The van der Waals surface area contributed by atoms with Crippen LogP contribution in [-0.2, 0) is 24.2 Å². The van der Waals surface area contributed by atoms with Gasteiger partial charge in [0.25, 0.3) is 5.91 Å². The van der Waals surface area contributed by atoms with Gasteiger partial charge in [-0.3, -0.25) is 14.2 Å². The van der Waals surface area contributed by atoms with Crippen LogP contribution in [0.15, 0.2) is 51.9 Å². The van der Waals surface area contributed by atoms with Gasteiger partial charge in [0.1, 0.15) is 18.6 Å². The number of nitrogens with zero attached hydrogens (tertiary/aromatic N) is 2. The molecule has 2 aromatic rings. The van der Waals surface area contributed by atoms with E-state index in [0.717, 1.165) is 42.5 Å². The maximum Gasteiger partial charge on any atom is 0.340 e. The number of amides is 1. The minimum absolute atomic E-state index is 0.0200. The van der Waals surface area contributed by atoms with Crippen molar-refractivity contribution in [2.24, 2.45) is 16.5 Å². The summed E-state index contributed by atoms with van der Waals surface area (Å²) in [5.41, 5.74) is 10.1. The van der Waals surface area contributed by atoms with E-state index in [4.69, 9.17) is 31.1 Å². The van der Waals surface area contributed by atoms with Gasteiger partial charge in [0.15, 0.2) is 23.3 Å². The first-order chi connectivity index (χ1) is 17.0. The van der Waals surface area contributed by atoms with E-state index < -0.39 is 70.6 Å². The van der Waals surface area contributed by atoms with Crippen LogP contribution in [0.2, 0.25) is 0 Å². The molecule has 0 radical (unpaired) electrons. The third-order valence-electron chi connectivity index (χ3n) is 4.31. The van der Waals surface area contributed by atoms with Crippen LogP contribution in [0.4, 0.5) is 8.78 Å². The van der Waals surface area contributed by atoms with Gasteiger partial charge < -0.3 is 31.1 Å². The predicted octanol–water partition coefficient (Wildman–Crippen LogP) is 1.17. The Hall–Kier alpha value is -3.69. The van der Waals surface area contributed by atoms with Crippen LogP contribution < -0.4 is 16.2 Å². The number of carbonyl (C=O) groups excluding carboxylic acids is 1. The lowest BCUT2D eigenvalue weighted by Crippen LogP contribution is -2.36. The Bertz CT molecular complexity index is 1400. The number of carboxylic acid groups (broad SMARTS) is 1. The molecule has 0 heterocycles. The Balaban J connectivity index is 2.31. The van der Waals surface area contributed by atoms with Crippen LogP contribution in [-0.4, -0.2) is 58.3 Å². The SMILES string of the molecule is CC(=Cc1cc(F)c(Oc2ccc(S(=O)(=O)N(CC(=O)O)CP(=O)(O)O)cc2)c(F)c1)C(=O)N=C(N)N. The zero-order valence-electron chi connectivity index (χ0n) is 18.9. The molecule has 0 aromatic heterocycles. The Morgan fingerprint density at radius 3 is 2.14 bits per heavy atom. The van der Waals surface area contributed by atoms with Crippen molar-refractivity contribution in [3.63, 3.8) is 0 Å². The number of nitrogens with two attached hydrogens (primary N) is 2. The maximum atomic E-state index is 14.5. The zero-order valence-corrected chi connectivity index (χ0v) is 20.6. The van der Waals surface area contributed by atoms with E-state index in [1.807, 2.05) is 0 Å². The molecule has 0 fully saturated rings. The second-order valence-electron chi connectivity index (χ2n) is 7.37. The molecule has 0 saturated heterocycles. The van der Waals surface area contributed by atoms with E-state index >= 15 is 0 Å². The zero-order chi connectivity index (χ0) is 28.1. The first kappa shape index (κ1) is 29.5. The lowest BCUT2D eigenvalue weighted by atomic mass is 10.1. The van der Waals surface area contributed by atoms with Crippen LogP contribution in [0.25, 0.3) is 6.08 Å². The van der Waals surface area contributed by atoms with Crippen molar-refractivity contribution in [1.29, 1.82) is 0 Å². The van der Waals surface area contributed by atoms with E-state index in [1.165, 1.54) is 6.92 Å². The van der Waals surface area contributed by atoms with Gasteiger partial charge in [0.05, 0.1) is 4.90 Å². The summed E-state index contributed by atoms with van der Waals surface area (Å²) >= 11 is 0. The van der Waals surface area contributed by atoms with E-state index in [2.05, 4.69) is 4.99 Å². The number of ether oxygens (including phenoxy) is 1. The summed E-state index contributed by atoms with van der Waals surface area (Å²) in [6, 6.07) is 5.49. The van der Waals surface area contributed by atoms with Crippen molar-refractivity contribution in [1.82, 2.24) is 4.31 Å². The van der Waals surface area contributed by atoms with Gasteiger partial charge >= 0.3 is 13.6 Å². The molecule has 1 amide bonds. The van der Waals surface area contributed by atoms with Crippen LogP contribution in [0.5, 0.6) is 11.5 Å². The minimum Gasteiger partial charge on any atom is -0.480 e. The summed E-state index contributed by atoms with van der Waals surface area (Å²) in [6.45, 7) is 0.0992. The van der Waals surface area contributed by atoms with Gasteiger partial charge in [0, 0.05) is 5.57 Å². The quantitative estimate of drug-likeness (QED) is 0.120. The number of aliphatic carboxylic acids is 1. The van der Waals surface area contributed by atoms with Crippen LogP contribution >= 0.6 is 7.60 Å². The number of aliphatic imine (C=N–C) groups is 1. The highest BCUT2D eigenvalue weighted by atomic mass is 32.2. The molecule has 17 heteroatoms. The first-order valence-electron chi connectivity index (χ1n) is 9.85. The molecule has 37 heavy (non-hydrogen) atoms. The molecule has 7 N–H and O–H groups in total. The molecule has 2 rings (SSSR count). The standard InChI is InChI=1S/C20H21F2N4O9PS/c1-11(19(29)25-20(23)24)6-12-7-15(21)18(16(22)8-12)35-13-2-4-14(5-3-13)37(33,34)26(9-17(27)28)10-36(30,31)32/h2-8H,9-10H2,1H3,(H,27,28)(H2,30,31,32)(H4,23,24,25,29). The lowest BCUT2D eigenvalue weighted by molar-refractivity contribution is -0.137. The molecule has 0 aliphatic heterocycles. The number of hydrogen-bond acceptors (Lipinski definition) is 6. The second-order valence-corrected chi connectivity index (χ2v) is 10.9. The second kappa shape index (κ2) is 11.6. The lowest BCUT2D eigenvalue weighted by Gasteiger charge is -2.20. The van der Waals surface area contributed by atoms with E-state index in [0.29, 0.717) is 0 Å². The molecule has 0 saturated carbocycles. The van der Waals surface area contributed by atoms with Gasteiger partial charge in [-0.1, -0.05) is 0 Å². The largest absolute Gasteiger partial charge is 0.480 e. The number of rotatable bonds is 10. The van der Waals surface area contributed by atoms with Crippen molar-refractivity contribution in [3.8, 4) is 11.5 Å². The molecule has 0 aliphatic carbocycles. The fourth-order valence-corrected chi connectivity index (χ4v) is 5.42. The number of sulfonamides is 1. The summed E-state index contributed by atoms with van der Waals surface area (Å²) in [5.74, 6) is -6.38. The van der Waals surface area contributed by atoms with E-state index in [-0.39, 0.29) is 21.2 Å². The molecule has 0 spiro atoms. The Labute approximate surface area is 208 Å². The molecular formula is C20H21F2N4O9PS. The summed E-state index contributed by atoms with van der Waals surface area (Å²) < 4.78 is 70.9. The first-order valence-corrected chi connectivity index (χ1v) is 13.1. The highest BCUT2D eigenvalue weighted by molar-refractivity contribution is 7.89. The topological polar surface area (TPSA) is 223 Å². The monoisotopic (exact) mass is 562 g/mol. The number of carboxylic acids is 1. The fourth-order valence-electron chi connectivity index (χ4n) is 2.79. The third kappa shape index (κ3) is 8.44. The number of hydrogen-bond donors (Lipinski definition) is 5. The van der Waals surface area contributed by atoms with Crippen molar-refractivity contribution >= 4 is 41.5 Å². The van der Waals surface area contributed by atoms with E-state index in [9.17, 15) is 31.4 Å². The van der Waals surface area contributed by atoms with Crippen LogP contribution in [0.3, 0.4) is 0 Å². The molecule has 0 unspecified atom stereocenters. The van der Waals surface area contributed by atoms with Gasteiger partial charge in [-0.05, 0) is 55.0 Å². The highest BCUT2D eigenvalue weighted by Gasteiger charge is 2.32. The Kier molecular flexibility index (Phi) is 9.24. The maximum absolute atomic E-state index is 14.5. The molecule has 13 nitrogen and oxygen atoms in total. The smallest absolute Gasteiger partial charge is 0.340 e. The summed E-state index contributed by atoms with van der Waals surface area (Å²) in [6.07, 6.45) is -0.251. The summed E-state index contributed by atoms with van der Waals surface area (Å²) in [5, 5.41) is 8.89. The van der Waals surface area contributed by atoms with E-state index in [1.54, 1.807) is 0 Å². The van der Waals surface area contributed by atoms with Gasteiger partial charge in [-0.15, -0.1) is 0 Å². The summed E-state index contributed by atoms with van der Waals surface area (Å²) in [7, 11) is -9.62. The average Bonchev–Trinajstić information content (AvgIpc) is 2.74. The number of guanidine groups is 1. The number of halogens is 2. The predicted molar refractivity (Wildman–Crippen MR) is 126 cm³/mol. The van der Waals surface area contributed by atoms with Crippen LogP contribution in [0.1, 0.15) is 12.5 Å². The van der Waals surface area contributed by atoms with Crippen LogP contribution in [0, 0.1) is 11.6 Å². The Morgan fingerprint density at radius 2 is 1.68 bits per heavy atom. The average molecular weight is 562 g/mol. The third-order valence-corrected chi connectivity index (χ3v) is 7.01. The molecule has 0 aliphatic rings. The Morgan fingerprint density at radius 1 is 1.14 bits per heavy atom. The van der Waals surface area contributed by atoms with Crippen molar-refractivity contribution in [2.75, 3.05) is 12.8 Å².